The number of rotatable bonds is 11. The smallest absolute Gasteiger partial charge is 0.475 e. The van der Waals surface area contributed by atoms with E-state index in [1.807, 2.05) is 18.3 Å². The summed E-state index contributed by atoms with van der Waals surface area (Å²) in [5.41, 5.74) is 2.01. The second-order valence-corrected chi connectivity index (χ2v) is 11.7. The number of hydrogen-bond donors (Lipinski definition) is 4. The number of halogens is 6. The summed E-state index contributed by atoms with van der Waals surface area (Å²) in [5, 5.41) is 21.2. The van der Waals surface area contributed by atoms with Crippen LogP contribution in [0.5, 0.6) is 0 Å². The number of fused-ring (bicyclic) bond motifs is 1. The Morgan fingerprint density at radius 3 is 2.08 bits per heavy atom. The van der Waals surface area contributed by atoms with Crippen molar-refractivity contribution in [2.24, 2.45) is 5.92 Å². The van der Waals surface area contributed by atoms with Gasteiger partial charge in [0.1, 0.15) is 5.82 Å². The van der Waals surface area contributed by atoms with Gasteiger partial charge in [-0.05, 0) is 62.7 Å². The fourth-order valence-corrected chi connectivity index (χ4v) is 4.92. The number of hydrogen-bond acceptors (Lipinski definition) is 7. The number of imidazole rings is 1. The first kappa shape index (κ1) is 42.5. The van der Waals surface area contributed by atoms with Gasteiger partial charge in [0.2, 0.25) is 11.8 Å². The summed E-state index contributed by atoms with van der Waals surface area (Å²) < 4.78 is 63.5. The van der Waals surface area contributed by atoms with Gasteiger partial charge in [0.25, 0.3) is 0 Å². The van der Waals surface area contributed by atoms with Crippen LogP contribution in [0.15, 0.2) is 48.7 Å². The van der Waals surface area contributed by atoms with Crippen molar-refractivity contribution < 1.29 is 60.6 Å². The Morgan fingerprint density at radius 2 is 1.53 bits per heavy atom. The normalized spacial score (nSPS) is 14.4. The lowest BCUT2D eigenvalue weighted by atomic mass is 9.95. The second kappa shape index (κ2) is 19.6. The third-order valence-corrected chi connectivity index (χ3v) is 7.89. The number of likely N-dealkylation sites (tertiary alicyclic amines) is 1. The first-order valence-corrected chi connectivity index (χ1v) is 15.8. The summed E-state index contributed by atoms with van der Waals surface area (Å²) in [6.07, 6.45) is -2.79. The zero-order valence-electron chi connectivity index (χ0n) is 28.2. The molecule has 1 saturated heterocycles. The minimum Gasteiger partial charge on any atom is -0.475 e. The van der Waals surface area contributed by atoms with Crippen molar-refractivity contribution >= 4 is 34.5 Å². The number of nitrogens with zero attached hydrogens (tertiary/aromatic N) is 3. The van der Waals surface area contributed by atoms with Crippen LogP contribution in [0.1, 0.15) is 56.8 Å². The molecule has 4 rings (SSSR count). The summed E-state index contributed by atoms with van der Waals surface area (Å²) >= 11 is 0. The number of carboxylic acids is 2. The van der Waals surface area contributed by atoms with Crippen LogP contribution >= 0.6 is 0 Å². The van der Waals surface area contributed by atoms with Gasteiger partial charge in [0, 0.05) is 24.9 Å². The average Bonchev–Trinajstić information content (AvgIpc) is 3.57. The molecule has 1 fully saturated rings. The van der Waals surface area contributed by atoms with E-state index in [4.69, 9.17) is 24.6 Å². The number of carboxylic acid groups (broad SMARTS) is 2. The Bertz CT molecular complexity index is 1570. The molecular weight excluding hydrogens is 692 g/mol. The molecule has 1 aromatic heterocycles. The molecule has 0 aliphatic carbocycles. The molecule has 0 unspecified atom stereocenters. The Hall–Kier alpha value is -4.71. The highest BCUT2D eigenvalue weighted by Gasteiger charge is 2.39. The lowest BCUT2D eigenvalue weighted by molar-refractivity contribution is -0.193. The molecule has 1 aliphatic rings. The molecule has 12 nitrogen and oxygen atoms in total. The van der Waals surface area contributed by atoms with Crippen LogP contribution in [-0.2, 0) is 24.0 Å². The highest BCUT2D eigenvalue weighted by molar-refractivity contribution is 5.86. The van der Waals surface area contributed by atoms with Crippen molar-refractivity contribution in [1.29, 1.82) is 0 Å². The molecule has 282 valence electrons. The first-order valence-electron chi connectivity index (χ1n) is 15.8. The number of unbranched alkanes of at least 4 members (excludes halogenated alkanes) is 2. The van der Waals surface area contributed by atoms with Crippen LogP contribution in [0.2, 0.25) is 0 Å². The molecule has 18 heteroatoms. The molecule has 0 radical (unpaired) electrons. The van der Waals surface area contributed by atoms with Gasteiger partial charge < -0.3 is 25.4 Å². The van der Waals surface area contributed by atoms with Crippen molar-refractivity contribution in [3.8, 4) is 11.3 Å². The molecule has 4 N–H and O–H groups in total. The zero-order valence-corrected chi connectivity index (χ0v) is 28.2. The molecule has 1 atom stereocenters. The average molecular weight is 734 g/mol. The van der Waals surface area contributed by atoms with Crippen molar-refractivity contribution in [1.82, 2.24) is 25.2 Å². The first-order chi connectivity index (χ1) is 23.8. The van der Waals surface area contributed by atoms with E-state index in [0.717, 1.165) is 68.7 Å². The molecule has 2 heterocycles. The molecule has 1 aliphatic heterocycles. The van der Waals surface area contributed by atoms with E-state index < -0.39 is 24.3 Å². The molecule has 2 aromatic carbocycles. The largest absolute Gasteiger partial charge is 0.490 e. The van der Waals surface area contributed by atoms with Crippen molar-refractivity contribution in [2.45, 2.75) is 63.3 Å². The molecule has 0 bridgehead atoms. The predicted octanol–water partition coefficient (Wildman–Crippen LogP) is 5.97. The van der Waals surface area contributed by atoms with Crippen LogP contribution in [0.3, 0.4) is 0 Å². The highest BCUT2D eigenvalue weighted by atomic mass is 19.4. The number of nitrogens with one attached hydrogen (secondary N) is 2. The van der Waals surface area contributed by atoms with Crippen LogP contribution in [0.4, 0.5) is 26.3 Å². The Labute approximate surface area is 289 Å². The minimum atomic E-state index is -5.08. The van der Waals surface area contributed by atoms with E-state index in [0.29, 0.717) is 6.42 Å². The summed E-state index contributed by atoms with van der Waals surface area (Å²) in [6.45, 7) is 1.89. The third-order valence-electron chi connectivity index (χ3n) is 7.89. The number of aliphatic carboxylic acids is 2. The second-order valence-electron chi connectivity index (χ2n) is 11.7. The Kier molecular flexibility index (Phi) is 16.3. The maximum Gasteiger partial charge on any atom is 0.490 e. The van der Waals surface area contributed by atoms with Crippen molar-refractivity contribution in [3.05, 3.63) is 54.5 Å². The number of benzene rings is 2. The lowest BCUT2D eigenvalue weighted by Gasteiger charge is -2.29. The highest BCUT2D eigenvalue weighted by Crippen LogP contribution is 2.27. The number of hydroxylamine groups is 2. The van der Waals surface area contributed by atoms with Gasteiger partial charge in [-0.2, -0.15) is 26.3 Å². The minimum absolute atomic E-state index is 0.0271. The zero-order chi connectivity index (χ0) is 38.4. The quantitative estimate of drug-likeness (QED) is 0.106. The van der Waals surface area contributed by atoms with Crippen molar-refractivity contribution in [2.75, 3.05) is 34.3 Å². The standard InChI is InChI=1S/C29H39N5O3.2C2HF3O2/c1-33-17-15-22(16-18-33)29(36)32-25(11-5-4-6-12-27(35)34(2)37-3)28-30-20-26(31-28)24-14-13-21-9-7-8-10-23(21)19-24;2*3-2(4,5)1(6)7/h7-10,13-14,19-20,22,25H,4-6,11-12,15-18H2,1-3H3,(H,30,31)(H,32,36);2*(H,6,7)/t25-;;/m0../s1. The maximum absolute atomic E-state index is 13.2. The van der Waals surface area contributed by atoms with Gasteiger partial charge in [0.15, 0.2) is 0 Å². The number of carbonyl (C=O) groups excluding carboxylic acids is 2. The number of H-pyrrole nitrogens is 1. The van der Waals surface area contributed by atoms with Gasteiger partial charge in [-0.3, -0.25) is 14.4 Å². The molecular formula is C33H41F6N5O7. The number of aromatic nitrogens is 2. The molecule has 0 saturated carbocycles. The van der Waals surface area contributed by atoms with E-state index in [2.05, 4.69) is 57.6 Å². The topological polar surface area (TPSA) is 165 Å². The van der Waals surface area contributed by atoms with Gasteiger partial charge >= 0.3 is 24.3 Å². The number of amides is 2. The van der Waals surface area contributed by atoms with Crippen LogP contribution < -0.4 is 5.32 Å². The van der Waals surface area contributed by atoms with E-state index in [-0.39, 0.29) is 23.8 Å². The van der Waals surface area contributed by atoms with Gasteiger partial charge in [-0.1, -0.05) is 49.2 Å². The van der Waals surface area contributed by atoms with E-state index >= 15 is 0 Å². The van der Waals surface area contributed by atoms with Gasteiger partial charge in [-0.25, -0.2) is 19.6 Å². The number of alkyl halides is 6. The summed E-state index contributed by atoms with van der Waals surface area (Å²) in [6, 6.07) is 14.5. The van der Waals surface area contributed by atoms with Crippen LogP contribution in [0.25, 0.3) is 22.0 Å². The monoisotopic (exact) mass is 733 g/mol. The Morgan fingerprint density at radius 1 is 0.961 bits per heavy atom. The SMILES string of the molecule is CON(C)C(=O)CCCCC[C@H](NC(=O)C1CCN(C)CC1)c1ncc(-c2ccc3ccccc3c2)[nH]1.O=C(O)C(F)(F)F.O=C(O)C(F)(F)F. The van der Waals surface area contributed by atoms with E-state index in [1.54, 1.807) is 7.05 Å². The number of carbonyl (C=O) groups is 4. The molecule has 51 heavy (non-hydrogen) atoms. The lowest BCUT2D eigenvalue weighted by Crippen LogP contribution is -2.40. The molecule has 0 spiro atoms. The fourth-order valence-electron chi connectivity index (χ4n) is 4.92. The third kappa shape index (κ3) is 14.6. The van der Waals surface area contributed by atoms with Gasteiger partial charge in [-0.15, -0.1) is 0 Å². The van der Waals surface area contributed by atoms with Crippen LogP contribution in [-0.4, -0.2) is 101 Å². The molecule has 3 aromatic rings. The summed E-state index contributed by atoms with van der Waals surface area (Å²) in [4.78, 5) is 58.3. The maximum atomic E-state index is 13.2. The van der Waals surface area contributed by atoms with Crippen molar-refractivity contribution in [3.63, 3.8) is 0 Å². The van der Waals surface area contributed by atoms with E-state index in [9.17, 15) is 35.9 Å². The van der Waals surface area contributed by atoms with E-state index in [1.165, 1.54) is 22.9 Å². The summed E-state index contributed by atoms with van der Waals surface area (Å²) in [7, 11) is 5.22. The number of piperidine rings is 1. The fraction of sp³-hybridized carbons (Fsp3) is 0.485. The summed E-state index contributed by atoms with van der Waals surface area (Å²) in [5.74, 6) is -4.62. The predicted molar refractivity (Wildman–Crippen MR) is 173 cm³/mol. The van der Waals surface area contributed by atoms with Crippen LogP contribution in [0, 0.1) is 5.92 Å². The van der Waals surface area contributed by atoms with Gasteiger partial charge in [0.05, 0.1) is 25.0 Å². The Balaban J connectivity index is 0.000000543. The molecule has 2 amide bonds. The number of aromatic amines is 1.